The van der Waals surface area contributed by atoms with E-state index in [1.165, 1.54) is 27.2 Å². The number of cyclic esters (lactones) is 2. The largest absolute Gasteiger partial charge is 0.472 e. The maximum absolute atomic E-state index is 13.8. The Morgan fingerprint density at radius 2 is 0.947 bits per heavy atom. The van der Waals surface area contributed by atoms with Gasteiger partial charge in [-0.3, -0.25) is 24.1 Å². The molecule has 0 spiro atoms. The molecule has 2 aliphatic heterocycles. The number of benzene rings is 4. The molecule has 76 heavy (non-hydrogen) atoms. The van der Waals surface area contributed by atoms with E-state index in [-0.39, 0.29) is 58.3 Å². The fourth-order valence-electron chi connectivity index (χ4n) is 12.0. The van der Waals surface area contributed by atoms with E-state index in [4.69, 9.17) is 19.3 Å². The molecule has 408 valence electrons. The molecule has 2 aliphatic rings. The minimum atomic E-state index is -0.363. The highest BCUT2D eigenvalue weighted by molar-refractivity contribution is 6.04. The number of likely N-dealkylation sites (tertiary alicyclic amines) is 1. The molecule has 10 nitrogen and oxygen atoms in total. The average Bonchev–Trinajstić information content (AvgIpc) is 4.30. The minimum Gasteiger partial charge on any atom is -0.472 e. The number of furan rings is 2. The zero-order chi connectivity index (χ0) is 53.6. The summed E-state index contributed by atoms with van der Waals surface area (Å²) >= 11 is 0. The maximum Gasteiger partial charge on any atom is 0.317 e. The minimum absolute atomic E-state index is 0. The zero-order valence-electron chi connectivity index (χ0n) is 46.2. The molecule has 4 aromatic carbocycles. The van der Waals surface area contributed by atoms with Gasteiger partial charge < -0.3 is 24.8 Å². The van der Waals surface area contributed by atoms with Gasteiger partial charge in [0.1, 0.15) is 0 Å². The van der Waals surface area contributed by atoms with Gasteiger partial charge in [0.15, 0.2) is 0 Å². The second-order valence-electron chi connectivity index (χ2n) is 21.7. The molecule has 6 aromatic rings. The number of nitrogens with two attached hydrogens (primary N) is 1. The van der Waals surface area contributed by atoms with E-state index in [9.17, 15) is 19.2 Å². The first-order chi connectivity index (χ1) is 36.3. The molecule has 4 heterocycles. The predicted octanol–water partition coefficient (Wildman–Crippen LogP) is 15.1. The number of unbranched alkanes of at least 4 members (excludes halogenated alkanes) is 2. The summed E-state index contributed by atoms with van der Waals surface area (Å²) in [5.41, 5.74) is 12.1. The molecule has 2 aromatic heterocycles. The molecule has 2 saturated heterocycles. The van der Waals surface area contributed by atoms with Crippen molar-refractivity contribution in [2.45, 2.75) is 168 Å². The van der Waals surface area contributed by atoms with Gasteiger partial charge in [-0.1, -0.05) is 189 Å². The summed E-state index contributed by atoms with van der Waals surface area (Å²) in [4.78, 5) is 52.8. The second kappa shape index (κ2) is 30.4. The van der Waals surface area contributed by atoms with Gasteiger partial charge >= 0.3 is 11.9 Å². The second-order valence-corrected chi connectivity index (χ2v) is 21.7. The van der Waals surface area contributed by atoms with Gasteiger partial charge in [-0.15, -0.1) is 0 Å². The topological polar surface area (TPSA) is 165 Å². The lowest BCUT2D eigenvalue weighted by Crippen LogP contribution is -2.38. The number of carbonyl (C=O) groups excluding carboxylic acids is 4. The summed E-state index contributed by atoms with van der Waals surface area (Å²) in [6, 6.07) is 46.1. The monoisotopic (exact) mass is 1030 g/mol. The Morgan fingerprint density at radius 1 is 0.539 bits per heavy atom. The fraction of sp³-hybridized carbons (Fsp3) is 0.455. The van der Waals surface area contributed by atoms with E-state index in [1.54, 1.807) is 25.1 Å². The standard InChI is InChI=1S/C33H41NO3.C28H36O3.C5H7NO.H2O/c1-4-33(22-26(3)29-16-9-6-10-17-29,19-12-11-13-25(2)28-14-7-5-8-15-28)30-21-31(35)34(32(30)36)23-27-18-20-37-24-27;1-4-28(25-19-26(29)31-27(25)30,20-22(3)24-16-9-6-10-17-24)18-12-11-13-21(2)23-14-7-5-8-15-23;6-3-5-1-2-7-4-5;/h5-10,14-18,20,24-26,30H,4,11-13,19,21-23H2,1-3H3;5-10,14-17,21-22,25H,4,11-13,18-20H2,1-3H3;1-2,4H,3,6H2;1H2. The average molecular weight is 1040 g/mol. The van der Waals surface area contributed by atoms with Crippen LogP contribution in [0.4, 0.5) is 0 Å². The van der Waals surface area contributed by atoms with E-state index in [2.05, 4.69) is 151 Å². The Balaban J connectivity index is 0.000000248. The van der Waals surface area contributed by atoms with E-state index in [0.29, 0.717) is 43.2 Å². The van der Waals surface area contributed by atoms with Crippen molar-refractivity contribution in [1.82, 2.24) is 4.90 Å². The Kier molecular flexibility index (Phi) is 24.2. The van der Waals surface area contributed by atoms with Crippen LogP contribution in [0.3, 0.4) is 0 Å². The van der Waals surface area contributed by atoms with Crippen LogP contribution in [0.2, 0.25) is 0 Å². The molecule has 8 unspecified atom stereocenters. The van der Waals surface area contributed by atoms with Gasteiger partial charge in [0, 0.05) is 24.1 Å². The Morgan fingerprint density at radius 3 is 1.30 bits per heavy atom. The van der Waals surface area contributed by atoms with Crippen molar-refractivity contribution >= 4 is 23.8 Å². The van der Waals surface area contributed by atoms with Crippen LogP contribution >= 0.6 is 0 Å². The van der Waals surface area contributed by atoms with Gasteiger partial charge in [-0.2, -0.15) is 0 Å². The summed E-state index contributed by atoms with van der Waals surface area (Å²) < 4.78 is 14.9. The van der Waals surface area contributed by atoms with Gasteiger partial charge in [0.05, 0.1) is 49.9 Å². The molecule has 2 amide bonds. The van der Waals surface area contributed by atoms with Gasteiger partial charge in [-0.25, -0.2) is 0 Å². The number of hydrogen-bond acceptors (Lipinski definition) is 8. The fourth-order valence-corrected chi connectivity index (χ4v) is 12.0. The Hall–Kier alpha value is -6.36. The number of amides is 2. The first-order valence-corrected chi connectivity index (χ1v) is 27.8. The van der Waals surface area contributed by atoms with Crippen LogP contribution in [0.5, 0.6) is 0 Å². The number of hydrogen-bond donors (Lipinski definition) is 1. The van der Waals surface area contributed by atoms with Crippen molar-refractivity contribution in [2.24, 2.45) is 28.4 Å². The van der Waals surface area contributed by atoms with Gasteiger partial charge in [-0.05, 0) is 120 Å². The summed E-state index contributed by atoms with van der Waals surface area (Å²) in [5.74, 6) is 0.354. The van der Waals surface area contributed by atoms with E-state index in [1.807, 2.05) is 24.3 Å². The van der Waals surface area contributed by atoms with Crippen LogP contribution in [0.15, 0.2) is 167 Å². The molecule has 2 fully saturated rings. The lowest BCUT2D eigenvalue weighted by atomic mass is 9.64. The highest BCUT2D eigenvalue weighted by atomic mass is 16.6. The highest BCUT2D eigenvalue weighted by Gasteiger charge is 2.51. The summed E-state index contributed by atoms with van der Waals surface area (Å²) in [5, 5.41) is 0. The third-order valence-electron chi connectivity index (χ3n) is 16.8. The molecule has 0 aliphatic carbocycles. The lowest BCUT2D eigenvalue weighted by molar-refractivity contribution is -0.155. The third kappa shape index (κ3) is 16.8. The van der Waals surface area contributed by atoms with Crippen LogP contribution in [-0.4, -0.2) is 34.1 Å². The number of nitrogens with zero attached hydrogens (tertiary/aromatic N) is 1. The van der Waals surface area contributed by atoms with Crippen molar-refractivity contribution in [3.05, 3.63) is 192 Å². The molecule has 8 atom stereocenters. The van der Waals surface area contributed by atoms with Crippen LogP contribution in [0.1, 0.15) is 188 Å². The molecule has 0 bridgehead atoms. The van der Waals surface area contributed by atoms with Crippen molar-refractivity contribution in [3.8, 4) is 0 Å². The molecule has 10 heteroatoms. The smallest absolute Gasteiger partial charge is 0.317 e. The van der Waals surface area contributed by atoms with Crippen LogP contribution in [0, 0.1) is 22.7 Å². The van der Waals surface area contributed by atoms with Crippen LogP contribution < -0.4 is 5.73 Å². The first-order valence-electron chi connectivity index (χ1n) is 27.8. The molecular weight excluding hydrogens is 949 g/mol. The Bertz CT molecular complexity index is 2590. The summed E-state index contributed by atoms with van der Waals surface area (Å²) in [6.07, 6.45) is 19.1. The number of ether oxygens (including phenoxy) is 1. The van der Waals surface area contributed by atoms with Gasteiger partial charge in [0.2, 0.25) is 11.8 Å². The van der Waals surface area contributed by atoms with E-state index >= 15 is 0 Å². The predicted molar refractivity (Wildman–Crippen MR) is 303 cm³/mol. The third-order valence-corrected chi connectivity index (χ3v) is 16.8. The van der Waals surface area contributed by atoms with Crippen LogP contribution in [-0.2, 0) is 37.0 Å². The van der Waals surface area contributed by atoms with Crippen LogP contribution in [0.25, 0.3) is 0 Å². The summed E-state index contributed by atoms with van der Waals surface area (Å²) in [6.45, 7) is 14.3. The lowest BCUT2D eigenvalue weighted by Gasteiger charge is -2.40. The number of esters is 2. The van der Waals surface area contributed by atoms with Crippen molar-refractivity contribution < 1.29 is 38.2 Å². The maximum atomic E-state index is 13.8. The SMILES string of the molecule is CCC(CCCCC(C)c1ccccc1)(CC(C)c1ccccc1)C1CC(=O)N(Cc2ccoc2)C1=O.CCC(CCCCC(C)c1ccccc1)(CC(C)c1ccccc1)C1CC(=O)OC1=O.NCc1ccoc1.O. The van der Waals surface area contributed by atoms with Gasteiger partial charge in [0.25, 0.3) is 0 Å². The normalized spacial score (nSPS) is 18.4. The number of carbonyl (C=O) groups is 4. The highest BCUT2D eigenvalue weighted by Crippen LogP contribution is 2.51. The molecule has 0 radical (unpaired) electrons. The molecule has 8 rings (SSSR count). The van der Waals surface area contributed by atoms with E-state index < -0.39 is 0 Å². The molecule has 4 N–H and O–H groups in total. The molecule has 0 saturated carbocycles. The van der Waals surface area contributed by atoms with Crippen molar-refractivity contribution in [2.75, 3.05) is 0 Å². The number of imide groups is 1. The Labute approximate surface area is 453 Å². The summed E-state index contributed by atoms with van der Waals surface area (Å²) in [7, 11) is 0. The zero-order valence-corrected chi connectivity index (χ0v) is 46.2. The quantitative estimate of drug-likeness (QED) is 0.0256. The number of rotatable bonds is 25. The van der Waals surface area contributed by atoms with Crippen molar-refractivity contribution in [1.29, 1.82) is 0 Å². The van der Waals surface area contributed by atoms with E-state index in [0.717, 1.165) is 88.2 Å². The first kappa shape index (κ1) is 60.5. The molecular formula is C66H86N2O8. The van der Waals surface area contributed by atoms with Crippen molar-refractivity contribution in [3.63, 3.8) is 0 Å².